The van der Waals surface area contributed by atoms with E-state index in [1.807, 2.05) is 72.3 Å². The minimum Gasteiger partial charge on any atom is -0.493 e. The summed E-state index contributed by atoms with van der Waals surface area (Å²) in [4.78, 5) is 17.0. The van der Waals surface area contributed by atoms with Gasteiger partial charge in [-0.3, -0.25) is 4.79 Å². The van der Waals surface area contributed by atoms with Crippen molar-refractivity contribution in [2.75, 3.05) is 17.7 Å². The van der Waals surface area contributed by atoms with Gasteiger partial charge in [-0.15, -0.1) is 21.5 Å². The molecule has 10 heteroatoms. The van der Waals surface area contributed by atoms with Crippen LogP contribution in [0.15, 0.2) is 59.1 Å². The number of hydrogen-bond acceptors (Lipinski definition) is 7. The molecule has 0 saturated carbocycles. The zero-order valence-corrected chi connectivity index (χ0v) is 20.5. The molecule has 0 bridgehead atoms. The molecule has 1 N–H and O–H groups in total. The number of ether oxygens (including phenoxy) is 1. The highest BCUT2D eigenvalue weighted by Crippen LogP contribution is 2.31. The fourth-order valence-electron chi connectivity index (χ4n) is 3.18. The maximum atomic E-state index is 12.5. The Bertz CT molecular complexity index is 1240. The summed E-state index contributed by atoms with van der Waals surface area (Å²) < 4.78 is 7.72. The highest BCUT2D eigenvalue weighted by atomic mass is 35.5. The fourth-order valence-corrected chi connectivity index (χ4v) is 4.85. The molecule has 2 aromatic carbocycles. The first-order valence-corrected chi connectivity index (χ1v) is 12.6. The van der Waals surface area contributed by atoms with Crippen molar-refractivity contribution in [1.29, 1.82) is 0 Å². The number of carbonyl (C=O) groups is 1. The van der Waals surface area contributed by atoms with Crippen LogP contribution in [0.5, 0.6) is 5.75 Å². The Balaban J connectivity index is 1.42. The third kappa shape index (κ3) is 5.55. The zero-order valence-electron chi connectivity index (χ0n) is 18.1. The van der Waals surface area contributed by atoms with Crippen LogP contribution >= 0.6 is 34.7 Å². The lowest BCUT2D eigenvalue weighted by Gasteiger charge is -2.11. The highest BCUT2D eigenvalue weighted by Gasteiger charge is 2.18. The molecule has 0 saturated heterocycles. The number of hydrogen-bond donors (Lipinski definition) is 1. The van der Waals surface area contributed by atoms with Crippen molar-refractivity contribution in [3.05, 3.63) is 58.9 Å². The van der Waals surface area contributed by atoms with Gasteiger partial charge >= 0.3 is 0 Å². The number of para-hydroxylation sites is 1. The van der Waals surface area contributed by atoms with E-state index in [4.69, 9.17) is 16.3 Å². The first-order chi connectivity index (χ1) is 16.1. The number of rotatable bonds is 9. The molecule has 0 spiro atoms. The van der Waals surface area contributed by atoms with E-state index in [2.05, 4.69) is 20.5 Å². The molecule has 0 radical (unpaired) electrons. The lowest BCUT2D eigenvalue weighted by molar-refractivity contribution is -0.113. The summed E-state index contributed by atoms with van der Waals surface area (Å²) in [6.45, 7) is 5.20. The second-order valence-electron chi connectivity index (χ2n) is 6.86. The van der Waals surface area contributed by atoms with E-state index in [1.54, 1.807) is 0 Å². The van der Waals surface area contributed by atoms with Gasteiger partial charge in [-0.1, -0.05) is 47.6 Å². The van der Waals surface area contributed by atoms with Crippen molar-refractivity contribution in [3.63, 3.8) is 0 Å². The Morgan fingerprint density at radius 3 is 2.70 bits per heavy atom. The number of thioether (sulfide) groups is 1. The molecule has 1 amide bonds. The largest absolute Gasteiger partial charge is 0.493 e. The lowest BCUT2D eigenvalue weighted by atomic mass is 10.2. The molecule has 0 fully saturated rings. The third-order valence-corrected chi connectivity index (χ3v) is 6.66. The molecule has 2 heterocycles. The maximum Gasteiger partial charge on any atom is 0.236 e. The second kappa shape index (κ2) is 10.8. The van der Waals surface area contributed by atoms with Crippen LogP contribution in [0.1, 0.15) is 13.8 Å². The average Bonchev–Trinajstić information content (AvgIpc) is 3.45. The summed E-state index contributed by atoms with van der Waals surface area (Å²) in [5, 5.41) is 15.3. The summed E-state index contributed by atoms with van der Waals surface area (Å²) >= 11 is 8.66. The minimum absolute atomic E-state index is 0.154. The van der Waals surface area contributed by atoms with Crippen LogP contribution < -0.4 is 10.1 Å². The first-order valence-electron chi connectivity index (χ1n) is 10.4. The zero-order chi connectivity index (χ0) is 23.2. The Hall–Kier alpha value is -2.88. The summed E-state index contributed by atoms with van der Waals surface area (Å²) in [5.74, 6) is 1.52. The number of anilines is 1. The number of amides is 1. The van der Waals surface area contributed by atoms with Crippen molar-refractivity contribution in [3.8, 4) is 28.4 Å². The van der Waals surface area contributed by atoms with Gasteiger partial charge < -0.3 is 14.6 Å². The number of carbonyl (C=O) groups excluding carboxylic acids is 1. The number of thiazole rings is 1. The topological polar surface area (TPSA) is 81.9 Å². The molecule has 2 aromatic heterocycles. The predicted molar refractivity (Wildman–Crippen MR) is 134 cm³/mol. The van der Waals surface area contributed by atoms with Crippen molar-refractivity contribution in [2.24, 2.45) is 0 Å². The molecular formula is C23H22ClN5O2S2. The van der Waals surface area contributed by atoms with Gasteiger partial charge in [0.2, 0.25) is 5.91 Å². The molecule has 4 aromatic rings. The third-order valence-electron chi connectivity index (χ3n) is 4.68. The smallest absolute Gasteiger partial charge is 0.236 e. The Labute approximate surface area is 205 Å². The monoisotopic (exact) mass is 499 g/mol. The molecule has 0 aliphatic rings. The van der Waals surface area contributed by atoms with Crippen LogP contribution in [0.4, 0.5) is 5.13 Å². The van der Waals surface area contributed by atoms with Crippen molar-refractivity contribution in [1.82, 2.24) is 19.7 Å². The standard InChI is InChI=1S/C23H22ClN5O2S2/c1-3-29-21(17-7-5-6-8-19(17)31-4-2)27-28-23(29)33-14-20(30)26-22-25-18(13-32-22)15-9-11-16(24)12-10-15/h5-13H,3-4,14H2,1-2H3,(H,25,26,30). The fraction of sp³-hybridized carbons (Fsp3) is 0.217. The van der Waals surface area contributed by atoms with Crippen LogP contribution in [-0.2, 0) is 11.3 Å². The number of nitrogens with one attached hydrogen (secondary N) is 1. The number of halogens is 1. The molecule has 170 valence electrons. The number of benzene rings is 2. The van der Waals surface area contributed by atoms with Crippen LogP contribution in [0.2, 0.25) is 5.02 Å². The van der Waals surface area contributed by atoms with E-state index in [-0.39, 0.29) is 11.7 Å². The molecular weight excluding hydrogens is 478 g/mol. The molecule has 0 aliphatic carbocycles. The SMILES string of the molecule is CCOc1ccccc1-c1nnc(SCC(=O)Nc2nc(-c3ccc(Cl)cc3)cs2)n1CC. The predicted octanol–water partition coefficient (Wildman–Crippen LogP) is 5.87. The molecule has 0 unspecified atom stereocenters. The van der Waals surface area contributed by atoms with Crippen molar-refractivity contribution >= 4 is 45.7 Å². The van der Waals surface area contributed by atoms with Gasteiger partial charge in [0.15, 0.2) is 16.1 Å². The Morgan fingerprint density at radius 2 is 1.94 bits per heavy atom. The van der Waals surface area contributed by atoms with Gasteiger partial charge in [-0.2, -0.15) is 0 Å². The lowest BCUT2D eigenvalue weighted by Crippen LogP contribution is -2.14. The summed E-state index contributed by atoms with van der Waals surface area (Å²) in [7, 11) is 0. The van der Waals surface area contributed by atoms with Crippen LogP contribution in [0.3, 0.4) is 0 Å². The first kappa shape index (κ1) is 23.3. The summed E-state index contributed by atoms with van der Waals surface area (Å²) in [6.07, 6.45) is 0. The van der Waals surface area contributed by atoms with Gasteiger partial charge in [0.05, 0.1) is 23.6 Å². The summed E-state index contributed by atoms with van der Waals surface area (Å²) in [6, 6.07) is 15.2. The van der Waals surface area contributed by atoms with Gasteiger partial charge in [0.1, 0.15) is 5.75 Å². The van der Waals surface area contributed by atoms with Gasteiger partial charge in [0.25, 0.3) is 0 Å². The molecule has 7 nitrogen and oxygen atoms in total. The average molecular weight is 500 g/mol. The summed E-state index contributed by atoms with van der Waals surface area (Å²) in [5.41, 5.74) is 2.62. The maximum absolute atomic E-state index is 12.5. The van der Waals surface area contributed by atoms with Crippen molar-refractivity contribution in [2.45, 2.75) is 25.5 Å². The molecule has 4 rings (SSSR count). The van der Waals surface area contributed by atoms with E-state index in [1.165, 1.54) is 23.1 Å². The minimum atomic E-state index is -0.154. The molecule has 33 heavy (non-hydrogen) atoms. The number of aromatic nitrogens is 4. The Kier molecular flexibility index (Phi) is 7.64. The van der Waals surface area contributed by atoms with Gasteiger partial charge in [0, 0.05) is 22.5 Å². The van der Waals surface area contributed by atoms with Crippen LogP contribution in [0, 0.1) is 0 Å². The highest BCUT2D eigenvalue weighted by molar-refractivity contribution is 7.99. The van der Waals surface area contributed by atoms with E-state index in [9.17, 15) is 4.79 Å². The molecule has 0 atom stereocenters. The van der Waals surface area contributed by atoms with Crippen LogP contribution in [0.25, 0.3) is 22.6 Å². The van der Waals surface area contributed by atoms with Gasteiger partial charge in [-0.25, -0.2) is 4.98 Å². The van der Waals surface area contributed by atoms with Crippen molar-refractivity contribution < 1.29 is 9.53 Å². The van der Waals surface area contributed by atoms with E-state index in [0.29, 0.717) is 28.5 Å². The molecule has 0 aliphatic heterocycles. The Morgan fingerprint density at radius 1 is 1.15 bits per heavy atom. The van der Waals surface area contributed by atoms with E-state index < -0.39 is 0 Å². The van der Waals surface area contributed by atoms with Gasteiger partial charge in [-0.05, 0) is 38.1 Å². The quantitative estimate of drug-likeness (QED) is 0.290. The second-order valence-corrected chi connectivity index (χ2v) is 9.10. The number of nitrogens with zero attached hydrogens (tertiary/aromatic N) is 4. The van der Waals surface area contributed by atoms with E-state index >= 15 is 0 Å². The van der Waals surface area contributed by atoms with Crippen LogP contribution in [-0.4, -0.2) is 38.0 Å². The normalized spacial score (nSPS) is 10.9. The van der Waals surface area contributed by atoms with E-state index in [0.717, 1.165) is 28.4 Å².